The summed E-state index contributed by atoms with van der Waals surface area (Å²) in [6.45, 7) is 3.11. The summed E-state index contributed by atoms with van der Waals surface area (Å²) in [6.07, 6.45) is 3.36. The van der Waals surface area contributed by atoms with Crippen LogP contribution in [-0.4, -0.2) is 58.5 Å². The fourth-order valence-corrected chi connectivity index (χ4v) is 3.59. The lowest BCUT2D eigenvalue weighted by atomic mass is 9.82. The van der Waals surface area contributed by atoms with E-state index in [1.807, 2.05) is 23.1 Å². The third kappa shape index (κ3) is 2.54. The number of rotatable bonds is 4. The molecule has 24 heavy (non-hydrogen) atoms. The lowest BCUT2D eigenvalue weighted by Gasteiger charge is -2.26. The van der Waals surface area contributed by atoms with Crippen LogP contribution >= 0.6 is 0 Å². The van der Waals surface area contributed by atoms with Gasteiger partial charge in [0, 0.05) is 44.5 Å². The third-order valence-electron chi connectivity index (χ3n) is 4.99. The van der Waals surface area contributed by atoms with E-state index in [2.05, 4.69) is 10.1 Å². The SMILES string of the molecule is Cn1nccc1C(=O)N1C[C@@H]2COC[C@]2(COc2ccccn2)C1. The monoisotopic (exact) mass is 328 g/mol. The Morgan fingerprint density at radius 2 is 2.33 bits per heavy atom. The number of hydrogen-bond donors (Lipinski definition) is 0. The van der Waals surface area contributed by atoms with Crippen molar-refractivity contribution in [2.75, 3.05) is 32.9 Å². The third-order valence-corrected chi connectivity index (χ3v) is 4.99. The minimum Gasteiger partial charge on any atom is -0.477 e. The Labute approximate surface area is 140 Å². The Bertz CT molecular complexity index is 732. The molecule has 2 aromatic heterocycles. The van der Waals surface area contributed by atoms with E-state index in [0.717, 1.165) is 0 Å². The van der Waals surface area contributed by atoms with Crippen molar-refractivity contribution in [1.29, 1.82) is 0 Å². The van der Waals surface area contributed by atoms with Crippen molar-refractivity contribution in [3.8, 4) is 5.88 Å². The van der Waals surface area contributed by atoms with Crippen LogP contribution in [0.4, 0.5) is 0 Å². The highest BCUT2D eigenvalue weighted by Crippen LogP contribution is 2.42. The quantitative estimate of drug-likeness (QED) is 0.837. The summed E-state index contributed by atoms with van der Waals surface area (Å²) in [7, 11) is 1.78. The second-order valence-electron chi connectivity index (χ2n) is 6.56. The zero-order chi connectivity index (χ0) is 16.6. The molecule has 2 aliphatic rings. The summed E-state index contributed by atoms with van der Waals surface area (Å²) in [4.78, 5) is 18.8. The Morgan fingerprint density at radius 1 is 1.42 bits per heavy atom. The van der Waals surface area contributed by atoms with Crippen molar-refractivity contribution in [3.05, 3.63) is 42.4 Å². The molecule has 0 bridgehead atoms. The predicted octanol–water partition coefficient (Wildman–Crippen LogP) is 0.983. The molecule has 0 aromatic carbocycles. The number of hydrogen-bond acceptors (Lipinski definition) is 5. The minimum atomic E-state index is -0.161. The highest BCUT2D eigenvalue weighted by Gasteiger charge is 2.52. The molecule has 1 amide bonds. The van der Waals surface area contributed by atoms with Gasteiger partial charge in [0.1, 0.15) is 5.69 Å². The molecular formula is C17H20N4O3. The van der Waals surface area contributed by atoms with Crippen molar-refractivity contribution >= 4 is 5.91 Å². The van der Waals surface area contributed by atoms with Gasteiger partial charge in [-0.2, -0.15) is 5.10 Å². The molecule has 2 aromatic rings. The van der Waals surface area contributed by atoms with Gasteiger partial charge >= 0.3 is 0 Å². The number of aromatic nitrogens is 3. The van der Waals surface area contributed by atoms with Crippen molar-refractivity contribution < 1.29 is 14.3 Å². The van der Waals surface area contributed by atoms with Crippen LogP contribution in [0.1, 0.15) is 10.5 Å². The first kappa shape index (κ1) is 15.1. The lowest BCUT2D eigenvalue weighted by Crippen LogP contribution is -2.38. The minimum absolute atomic E-state index is 0.0154. The van der Waals surface area contributed by atoms with Gasteiger partial charge in [0.2, 0.25) is 5.88 Å². The zero-order valence-corrected chi connectivity index (χ0v) is 13.6. The van der Waals surface area contributed by atoms with E-state index in [-0.39, 0.29) is 11.3 Å². The van der Waals surface area contributed by atoms with Crippen LogP contribution in [0, 0.1) is 11.3 Å². The number of likely N-dealkylation sites (tertiary alicyclic amines) is 1. The van der Waals surface area contributed by atoms with Gasteiger partial charge in [0.25, 0.3) is 5.91 Å². The number of nitrogens with zero attached hydrogens (tertiary/aromatic N) is 4. The first-order valence-electron chi connectivity index (χ1n) is 8.07. The van der Waals surface area contributed by atoms with E-state index >= 15 is 0 Å². The summed E-state index contributed by atoms with van der Waals surface area (Å²) in [5.74, 6) is 0.911. The molecule has 4 rings (SSSR count). The molecule has 0 unspecified atom stereocenters. The average Bonchev–Trinajstić information content (AvgIpc) is 3.27. The summed E-state index contributed by atoms with van der Waals surface area (Å²) in [5, 5.41) is 4.09. The van der Waals surface area contributed by atoms with Crippen LogP contribution in [0.25, 0.3) is 0 Å². The number of pyridine rings is 1. The highest BCUT2D eigenvalue weighted by molar-refractivity contribution is 5.92. The van der Waals surface area contributed by atoms with Crippen molar-refractivity contribution in [2.24, 2.45) is 18.4 Å². The Balaban J connectivity index is 1.49. The lowest BCUT2D eigenvalue weighted by molar-refractivity contribution is 0.0647. The van der Waals surface area contributed by atoms with Gasteiger partial charge in [-0.25, -0.2) is 4.98 Å². The summed E-state index contributed by atoms with van der Waals surface area (Å²) >= 11 is 0. The predicted molar refractivity (Wildman–Crippen MR) is 85.6 cm³/mol. The van der Waals surface area contributed by atoms with Crippen LogP contribution in [0.15, 0.2) is 36.7 Å². The smallest absolute Gasteiger partial charge is 0.272 e. The van der Waals surface area contributed by atoms with Crippen molar-refractivity contribution in [1.82, 2.24) is 19.7 Å². The number of carbonyl (C=O) groups excluding carboxylic acids is 1. The van der Waals surface area contributed by atoms with Gasteiger partial charge in [0.15, 0.2) is 0 Å². The van der Waals surface area contributed by atoms with Crippen LogP contribution in [0.3, 0.4) is 0 Å². The maximum atomic E-state index is 12.7. The molecule has 0 aliphatic carbocycles. The molecule has 2 aliphatic heterocycles. The molecular weight excluding hydrogens is 308 g/mol. The van der Waals surface area contributed by atoms with Crippen molar-refractivity contribution in [3.63, 3.8) is 0 Å². The number of ether oxygens (including phenoxy) is 2. The number of carbonyl (C=O) groups is 1. The first-order chi connectivity index (χ1) is 11.7. The molecule has 0 N–H and O–H groups in total. The molecule has 4 heterocycles. The van der Waals surface area contributed by atoms with Crippen molar-refractivity contribution in [2.45, 2.75) is 0 Å². The van der Waals surface area contributed by atoms with Crippen LogP contribution in [-0.2, 0) is 11.8 Å². The highest BCUT2D eigenvalue weighted by atomic mass is 16.5. The molecule has 0 spiro atoms. The molecule has 0 radical (unpaired) electrons. The molecule has 2 atom stereocenters. The van der Waals surface area contributed by atoms with Crippen LogP contribution in [0.5, 0.6) is 5.88 Å². The number of aryl methyl sites for hydroxylation is 1. The second kappa shape index (κ2) is 5.90. The fraction of sp³-hybridized carbons (Fsp3) is 0.471. The second-order valence-corrected chi connectivity index (χ2v) is 6.56. The molecule has 2 saturated heterocycles. The average molecular weight is 328 g/mol. The standard InChI is InChI=1S/C17H20N4O3/c1-20-14(5-7-19-20)16(22)21-8-13-9-23-11-17(13,10-21)12-24-15-4-2-3-6-18-15/h2-7,13H,8-12H2,1H3/t13-,17+/m1/s1. The summed E-state index contributed by atoms with van der Waals surface area (Å²) < 4.78 is 13.2. The zero-order valence-electron chi connectivity index (χ0n) is 13.6. The van der Waals surface area contributed by atoms with E-state index in [1.165, 1.54) is 0 Å². The largest absolute Gasteiger partial charge is 0.477 e. The fourth-order valence-electron chi connectivity index (χ4n) is 3.59. The van der Waals surface area contributed by atoms with E-state index in [4.69, 9.17) is 9.47 Å². The molecule has 7 heteroatoms. The Hall–Kier alpha value is -2.41. The molecule has 2 fully saturated rings. The molecule has 126 valence electrons. The summed E-state index contributed by atoms with van der Waals surface area (Å²) in [5.41, 5.74) is 0.447. The van der Waals surface area contributed by atoms with Crippen LogP contribution < -0.4 is 4.74 Å². The van der Waals surface area contributed by atoms with Gasteiger partial charge in [-0.1, -0.05) is 6.07 Å². The van der Waals surface area contributed by atoms with Gasteiger partial charge in [-0.05, 0) is 12.1 Å². The number of amides is 1. The van der Waals surface area contributed by atoms with E-state index in [1.54, 1.807) is 30.2 Å². The van der Waals surface area contributed by atoms with E-state index in [0.29, 0.717) is 50.4 Å². The van der Waals surface area contributed by atoms with Gasteiger partial charge in [-0.15, -0.1) is 0 Å². The maximum absolute atomic E-state index is 12.7. The van der Waals surface area contributed by atoms with Gasteiger partial charge in [0.05, 0.1) is 25.2 Å². The Morgan fingerprint density at radius 3 is 3.08 bits per heavy atom. The first-order valence-corrected chi connectivity index (χ1v) is 8.07. The summed E-state index contributed by atoms with van der Waals surface area (Å²) in [6, 6.07) is 7.35. The Kier molecular flexibility index (Phi) is 3.72. The molecule has 7 nitrogen and oxygen atoms in total. The van der Waals surface area contributed by atoms with Gasteiger partial charge in [-0.3, -0.25) is 9.48 Å². The maximum Gasteiger partial charge on any atom is 0.272 e. The topological polar surface area (TPSA) is 69.5 Å². The number of fused-ring (bicyclic) bond motifs is 1. The molecule has 0 saturated carbocycles. The van der Waals surface area contributed by atoms with E-state index < -0.39 is 0 Å². The van der Waals surface area contributed by atoms with E-state index in [9.17, 15) is 4.79 Å². The van der Waals surface area contributed by atoms with Gasteiger partial charge < -0.3 is 14.4 Å². The normalized spacial score (nSPS) is 25.7. The van der Waals surface area contributed by atoms with Crippen LogP contribution in [0.2, 0.25) is 0 Å².